The van der Waals surface area contributed by atoms with Crippen LogP contribution in [0.25, 0.3) is 0 Å². The summed E-state index contributed by atoms with van der Waals surface area (Å²) < 4.78 is 53.0. The number of amides is 1. The van der Waals surface area contributed by atoms with Gasteiger partial charge in [0, 0.05) is 6.04 Å². The Hall–Kier alpha value is -1.54. The van der Waals surface area contributed by atoms with Gasteiger partial charge in [0.1, 0.15) is 11.4 Å². The molecule has 0 saturated heterocycles. The number of nitrogens with one attached hydrogen (secondary N) is 1. The normalized spacial score (nSPS) is 18.0. The Morgan fingerprint density at radius 2 is 1.74 bits per heavy atom. The first-order valence-corrected chi connectivity index (χ1v) is 8.80. The van der Waals surface area contributed by atoms with Gasteiger partial charge in [0.25, 0.3) is 0 Å². The van der Waals surface area contributed by atoms with E-state index < -0.39 is 39.6 Å². The van der Waals surface area contributed by atoms with E-state index in [0.29, 0.717) is 12.8 Å². The number of halogens is 2. The summed E-state index contributed by atoms with van der Waals surface area (Å²) in [6, 6.07) is 3.91. The van der Waals surface area contributed by atoms with Gasteiger partial charge in [-0.1, -0.05) is 0 Å². The van der Waals surface area contributed by atoms with Gasteiger partial charge in [-0.2, -0.15) is 4.31 Å². The van der Waals surface area contributed by atoms with E-state index in [2.05, 4.69) is 5.32 Å². The van der Waals surface area contributed by atoms with Crippen molar-refractivity contribution >= 4 is 15.9 Å². The number of hydrogen-bond acceptors (Lipinski definition) is 3. The molecule has 5 nitrogen and oxygen atoms in total. The molecule has 8 heteroatoms. The number of carbonyl (C=O) groups excluding carboxylic acids is 1. The maximum Gasteiger partial charge on any atom is 0.244 e. The number of nitrogens with zero attached hydrogens (tertiary/aromatic N) is 1. The molecule has 0 bridgehead atoms. The Labute approximate surface area is 134 Å². The minimum absolute atomic E-state index is 0.0972. The average Bonchev–Trinajstić information content (AvgIpc) is 3.19. The topological polar surface area (TPSA) is 66.5 Å². The van der Waals surface area contributed by atoms with Gasteiger partial charge in [0.05, 0.1) is 4.90 Å². The van der Waals surface area contributed by atoms with E-state index in [0.717, 1.165) is 28.6 Å². The SMILES string of the molecule is CC(F)NC(=O)C1(N(C(C)C)S(=O)(=O)c2ccc(F)cc2)CC1. The monoisotopic (exact) mass is 346 g/mol. The van der Waals surface area contributed by atoms with E-state index in [1.165, 1.54) is 6.92 Å². The third-order valence-corrected chi connectivity index (χ3v) is 5.89. The number of rotatable bonds is 6. The molecule has 23 heavy (non-hydrogen) atoms. The molecule has 0 heterocycles. The minimum atomic E-state index is -4.01. The highest BCUT2D eigenvalue weighted by Crippen LogP contribution is 2.46. The van der Waals surface area contributed by atoms with Gasteiger partial charge in [0.15, 0.2) is 6.30 Å². The van der Waals surface area contributed by atoms with Gasteiger partial charge in [-0.3, -0.25) is 4.79 Å². The summed E-state index contributed by atoms with van der Waals surface area (Å²) in [5, 5.41) is 2.14. The molecule has 2 rings (SSSR count). The van der Waals surface area contributed by atoms with Crippen molar-refractivity contribution in [2.75, 3.05) is 0 Å². The fraction of sp³-hybridized carbons (Fsp3) is 0.533. The lowest BCUT2D eigenvalue weighted by atomic mass is 10.2. The Kier molecular flexibility index (Phi) is 4.77. The summed E-state index contributed by atoms with van der Waals surface area (Å²) in [5.74, 6) is -1.20. The lowest BCUT2D eigenvalue weighted by molar-refractivity contribution is -0.128. The number of alkyl halides is 1. The quantitative estimate of drug-likeness (QED) is 0.803. The lowest BCUT2D eigenvalue weighted by Gasteiger charge is -2.33. The number of carbonyl (C=O) groups is 1. The summed E-state index contributed by atoms with van der Waals surface area (Å²) in [7, 11) is -4.01. The van der Waals surface area contributed by atoms with Crippen molar-refractivity contribution in [3.05, 3.63) is 30.1 Å². The Morgan fingerprint density at radius 1 is 1.22 bits per heavy atom. The molecule has 1 fully saturated rings. The standard InChI is InChI=1S/C15H20F2N2O3S/c1-10(2)19(15(8-9-15)14(20)18-11(3)16)23(21,22)13-6-4-12(17)5-7-13/h4-7,10-11H,8-9H2,1-3H3,(H,18,20). The van der Waals surface area contributed by atoms with E-state index in [-0.39, 0.29) is 4.90 Å². The van der Waals surface area contributed by atoms with Crippen LogP contribution in [-0.4, -0.2) is 36.5 Å². The molecule has 1 aliphatic carbocycles. The summed E-state index contributed by atoms with van der Waals surface area (Å²) >= 11 is 0. The van der Waals surface area contributed by atoms with E-state index in [1.807, 2.05) is 0 Å². The zero-order valence-electron chi connectivity index (χ0n) is 13.2. The van der Waals surface area contributed by atoms with E-state index >= 15 is 0 Å². The third kappa shape index (κ3) is 3.37. The van der Waals surface area contributed by atoms with Crippen LogP contribution in [0.1, 0.15) is 33.6 Å². The summed E-state index contributed by atoms with van der Waals surface area (Å²) in [6.45, 7) is 4.46. The Balaban J connectivity index is 2.42. The first-order valence-electron chi connectivity index (χ1n) is 7.36. The highest BCUT2D eigenvalue weighted by molar-refractivity contribution is 7.89. The number of benzene rings is 1. The second kappa shape index (κ2) is 6.16. The van der Waals surface area contributed by atoms with Crippen molar-refractivity contribution in [1.29, 1.82) is 0 Å². The smallest absolute Gasteiger partial charge is 0.244 e. The molecule has 1 aliphatic rings. The molecule has 0 radical (unpaired) electrons. The average molecular weight is 346 g/mol. The number of sulfonamides is 1. The molecule has 0 spiro atoms. The maximum absolute atomic E-state index is 13.1. The van der Waals surface area contributed by atoms with Crippen molar-refractivity contribution in [1.82, 2.24) is 9.62 Å². The van der Waals surface area contributed by atoms with Gasteiger partial charge in [-0.25, -0.2) is 17.2 Å². The van der Waals surface area contributed by atoms with Crippen molar-refractivity contribution < 1.29 is 22.0 Å². The first-order chi connectivity index (χ1) is 10.6. The second-order valence-corrected chi connectivity index (χ2v) is 7.78. The first kappa shape index (κ1) is 17.8. The Morgan fingerprint density at radius 3 is 2.13 bits per heavy atom. The van der Waals surface area contributed by atoms with Crippen LogP contribution >= 0.6 is 0 Å². The third-order valence-electron chi connectivity index (χ3n) is 3.74. The molecule has 1 aromatic rings. The van der Waals surface area contributed by atoms with Crippen molar-refractivity contribution in [2.24, 2.45) is 0 Å². The zero-order chi connectivity index (χ0) is 17.4. The second-order valence-electron chi connectivity index (χ2n) is 5.97. The van der Waals surface area contributed by atoms with Gasteiger partial charge in [-0.05, 0) is 57.9 Å². The van der Waals surface area contributed by atoms with Crippen LogP contribution in [0, 0.1) is 5.82 Å². The van der Waals surface area contributed by atoms with Crippen LogP contribution in [0.3, 0.4) is 0 Å². The van der Waals surface area contributed by atoms with Crippen molar-refractivity contribution in [3.63, 3.8) is 0 Å². The molecular formula is C15H20F2N2O3S. The van der Waals surface area contributed by atoms with E-state index in [1.54, 1.807) is 13.8 Å². The van der Waals surface area contributed by atoms with Gasteiger partial charge >= 0.3 is 0 Å². The molecule has 1 N–H and O–H groups in total. The fourth-order valence-corrected chi connectivity index (χ4v) is 4.69. The molecule has 128 valence electrons. The molecule has 1 unspecified atom stereocenters. The molecule has 1 atom stereocenters. The molecule has 0 aliphatic heterocycles. The van der Waals surface area contributed by atoms with Crippen molar-refractivity contribution in [3.8, 4) is 0 Å². The lowest BCUT2D eigenvalue weighted by Crippen LogP contribution is -2.55. The minimum Gasteiger partial charge on any atom is -0.325 e. The van der Waals surface area contributed by atoms with Crippen LogP contribution in [0.2, 0.25) is 0 Å². The largest absolute Gasteiger partial charge is 0.325 e. The summed E-state index contributed by atoms with van der Waals surface area (Å²) in [5.41, 5.74) is -1.28. The predicted molar refractivity (Wildman–Crippen MR) is 81.2 cm³/mol. The highest BCUT2D eigenvalue weighted by Gasteiger charge is 2.59. The van der Waals surface area contributed by atoms with Gasteiger partial charge < -0.3 is 5.32 Å². The van der Waals surface area contributed by atoms with Crippen LogP contribution in [0.15, 0.2) is 29.2 Å². The molecule has 1 saturated carbocycles. The summed E-state index contributed by atoms with van der Waals surface area (Å²) in [6.07, 6.45) is -0.920. The van der Waals surface area contributed by atoms with Crippen LogP contribution < -0.4 is 5.32 Å². The zero-order valence-corrected chi connectivity index (χ0v) is 14.0. The van der Waals surface area contributed by atoms with Crippen LogP contribution in [-0.2, 0) is 14.8 Å². The molecule has 1 amide bonds. The maximum atomic E-state index is 13.1. The molecule has 0 aromatic heterocycles. The van der Waals surface area contributed by atoms with Crippen LogP contribution in [0.4, 0.5) is 8.78 Å². The van der Waals surface area contributed by atoms with E-state index in [4.69, 9.17) is 0 Å². The fourth-order valence-electron chi connectivity index (χ4n) is 2.70. The molecule has 1 aromatic carbocycles. The van der Waals surface area contributed by atoms with E-state index in [9.17, 15) is 22.0 Å². The van der Waals surface area contributed by atoms with Gasteiger partial charge in [0.2, 0.25) is 15.9 Å². The highest BCUT2D eigenvalue weighted by atomic mass is 32.2. The van der Waals surface area contributed by atoms with Crippen molar-refractivity contribution in [2.45, 2.75) is 56.4 Å². The predicted octanol–water partition coefficient (Wildman–Crippen LogP) is 2.19. The number of hydrogen-bond donors (Lipinski definition) is 1. The Bertz CT molecular complexity index is 683. The molecular weight excluding hydrogens is 326 g/mol. The van der Waals surface area contributed by atoms with Crippen LogP contribution in [0.5, 0.6) is 0 Å². The summed E-state index contributed by atoms with van der Waals surface area (Å²) in [4.78, 5) is 12.2. The van der Waals surface area contributed by atoms with Gasteiger partial charge in [-0.15, -0.1) is 0 Å².